The van der Waals surface area contributed by atoms with Gasteiger partial charge in [-0.2, -0.15) is 0 Å². The first-order chi connectivity index (χ1) is 19.6. The van der Waals surface area contributed by atoms with Gasteiger partial charge in [0.25, 0.3) is 0 Å². The minimum Gasteiger partial charge on any atom is -0.454 e. The maximum atomic E-state index is 13.1. The monoisotopic (exact) mass is 538 g/mol. The molecule has 3 aliphatic rings. The van der Waals surface area contributed by atoms with Gasteiger partial charge in [0.15, 0.2) is 17.3 Å². The van der Waals surface area contributed by atoms with E-state index < -0.39 is 0 Å². The number of Topliss-reactive ketones (excluding diaryl/α,β-unsaturated/α-hetero) is 1. The van der Waals surface area contributed by atoms with E-state index in [0.29, 0.717) is 19.0 Å². The summed E-state index contributed by atoms with van der Waals surface area (Å²) in [5.41, 5.74) is 7.73. The van der Waals surface area contributed by atoms with Crippen LogP contribution in [0.1, 0.15) is 70.3 Å². The van der Waals surface area contributed by atoms with Crippen LogP contribution in [0.4, 0.5) is 0 Å². The van der Waals surface area contributed by atoms with Crippen molar-refractivity contribution in [3.63, 3.8) is 0 Å². The Kier molecular flexibility index (Phi) is 8.50. The minimum atomic E-state index is 0.307. The number of ketones is 1. The number of aryl methyl sites for hydroxylation is 1. The summed E-state index contributed by atoms with van der Waals surface area (Å²) in [5, 5.41) is 0. The van der Waals surface area contributed by atoms with E-state index in [1.807, 2.05) is 6.07 Å². The lowest BCUT2D eigenvalue weighted by atomic mass is 9.90. The number of hydrogen-bond acceptors (Lipinski definition) is 5. The van der Waals surface area contributed by atoms with Gasteiger partial charge in [-0.05, 0) is 110 Å². The van der Waals surface area contributed by atoms with Gasteiger partial charge in [0.05, 0.1) is 0 Å². The summed E-state index contributed by atoms with van der Waals surface area (Å²) < 4.78 is 11.0. The number of likely N-dealkylation sites (tertiary alicyclic amines) is 1. The first-order valence-electron chi connectivity index (χ1n) is 15.1. The summed E-state index contributed by atoms with van der Waals surface area (Å²) >= 11 is 0. The second-order valence-electron chi connectivity index (χ2n) is 11.9. The Morgan fingerprint density at radius 2 is 1.60 bits per heavy atom. The molecule has 1 fully saturated rings. The Balaban J connectivity index is 0.945. The maximum Gasteiger partial charge on any atom is 0.231 e. The Morgan fingerprint density at radius 1 is 0.825 bits per heavy atom. The van der Waals surface area contributed by atoms with Gasteiger partial charge in [-0.1, -0.05) is 42.5 Å². The van der Waals surface area contributed by atoms with Crippen molar-refractivity contribution in [3.05, 3.63) is 94.0 Å². The van der Waals surface area contributed by atoms with Crippen molar-refractivity contribution in [2.24, 2.45) is 5.92 Å². The molecule has 0 atom stereocenters. The molecule has 0 aliphatic carbocycles. The van der Waals surface area contributed by atoms with E-state index in [4.69, 9.17) is 9.47 Å². The lowest BCUT2D eigenvalue weighted by Gasteiger charge is -2.32. The predicted molar refractivity (Wildman–Crippen MR) is 159 cm³/mol. The minimum absolute atomic E-state index is 0.307. The number of carbonyl (C=O) groups is 1. The summed E-state index contributed by atoms with van der Waals surface area (Å²) in [6.07, 6.45) is 7.35. The molecule has 5 nitrogen and oxygen atoms in total. The van der Waals surface area contributed by atoms with Gasteiger partial charge in [-0.15, -0.1) is 0 Å². The van der Waals surface area contributed by atoms with Crippen molar-refractivity contribution in [1.82, 2.24) is 9.80 Å². The van der Waals surface area contributed by atoms with E-state index in [0.717, 1.165) is 68.4 Å². The largest absolute Gasteiger partial charge is 0.454 e. The van der Waals surface area contributed by atoms with Crippen LogP contribution in [0, 0.1) is 12.8 Å². The summed E-state index contributed by atoms with van der Waals surface area (Å²) in [6, 6.07) is 21.4. The Labute approximate surface area is 239 Å². The van der Waals surface area contributed by atoms with Gasteiger partial charge in [0.1, 0.15) is 0 Å². The van der Waals surface area contributed by atoms with Gasteiger partial charge in [0, 0.05) is 38.2 Å². The molecule has 0 spiro atoms. The number of ether oxygens (including phenoxy) is 2. The van der Waals surface area contributed by atoms with Crippen LogP contribution < -0.4 is 9.47 Å². The molecule has 210 valence electrons. The van der Waals surface area contributed by atoms with E-state index in [-0.39, 0.29) is 0 Å². The molecule has 3 aliphatic heterocycles. The molecule has 0 bridgehead atoms. The number of rotatable bonds is 9. The second kappa shape index (κ2) is 12.6. The lowest BCUT2D eigenvalue weighted by molar-refractivity contribution is 0.0974. The smallest absolute Gasteiger partial charge is 0.231 e. The van der Waals surface area contributed by atoms with Crippen LogP contribution in [-0.4, -0.2) is 48.6 Å². The van der Waals surface area contributed by atoms with Crippen molar-refractivity contribution < 1.29 is 14.3 Å². The van der Waals surface area contributed by atoms with Crippen LogP contribution in [0.2, 0.25) is 0 Å². The van der Waals surface area contributed by atoms with Crippen LogP contribution in [-0.2, 0) is 25.9 Å². The molecule has 6 rings (SSSR count). The fourth-order valence-corrected chi connectivity index (χ4v) is 6.56. The second-order valence-corrected chi connectivity index (χ2v) is 11.9. The quantitative estimate of drug-likeness (QED) is 0.288. The van der Waals surface area contributed by atoms with Gasteiger partial charge in [-0.25, -0.2) is 0 Å². The maximum absolute atomic E-state index is 13.1. The van der Waals surface area contributed by atoms with Crippen LogP contribution >= 0.6 is 0 Å². The van der Waals surface area contributed by atoms with Crippen molar-refractivity contribution in [2.75, 3.05) is 33.0 Å². The van der Waals surface area contributed by atoms with Crippen LogP contribution in [0.3, 0.4) is 0 Å². The Morgan fingerprint density at radius 3 is 2.45 bits per heavy atom. The molecule has 0 radical (unpaired) electrons. The van der Waals surface area contributed by atoms with Gasteiger partial charge in [-0.3, -0.25) is 14.6 Å². The Bertz CT molecular complexity index is 1330. The molecular formula is C35H42N2O3. The molecule has 3 heterocycles. The molecule has 0 amide bonds. The van der Waals surface area contributed by atoms with E-state index in [1.165, 1.54) is 60.2 Å². The van der Waals surface area contributed by atoms with Crippen molar-refractivity contribution in [3.8, 4) is 11.5 Å². The SMILES string of the molecule is Cc1ccccc1CN1CCC(CCCC(=O)c2ccc3c(c2)CCN(Cc2ccc4c(c2)OCO4)CC3)CC1. The summed E-state index contributed by atoms with van der Waals surface area (Å²) in [5.74, 6) is 2.75. The normalized spacial score (nSPS) is 17.9. The van der Waals surface area contributed by atoms with Crippen molar-refractivity contribution >= 4 is 5.78 Å². The first-order valence-corrected chi connectivity index (χ1v) is 15.1. The highest BCUT2D eigenvalue weighted by atomic mass is 16.7. The van der Waals surface area contributed by atoms with Gasteiger partial charge < -0.3 is 9.47 Å². The number of benzene rings is 3. The third-order valence-corrected chi connectivity index (χ3v) is 9.14. The molecule has 0 unspecified atom stereocenters. The molecule has 3 aromatic rings. The summed E-state index contributed by atoms with van der Waals surface area (Å²) in [7, 11) is 0. The van der Waals surface area contributed by atoms with Crippen molar-refractivity contribution in [2.45, 2.75) is 65.0 Å². The highest BCUT2D eigenvalue weighted by molar-refractivity contribution is 5.96. The average Bonchev–Trinajstić information content (AvgIpc) is 3.35. The summed E-state index contributed by atoms with van der Waals surface area (Å²) in [4.78, 5) is 18.2. The molecule has 0 aromatic heterocycles. The standard InChI is InChI=1S/C35H42N2O3/c1-26-5-2-3-7-32(26)24-37-17-13-27(14-18-37)6-4-8-33(38)31-11-10-29-15-19-36(20-16-30(29)22-31)23-28-9-12-34-35(21-28)40-25-39-34/h2-3,5,7,9-12,21-22,27H,4,6,8,13-20,23-25H2,1H3. The fourth-order valence-electron chi connectivity index (χ4n) is 6.56. The fraction of sp³-hybridized carbons (Fsp3) is 0.457. The lowest BCUT2D eigenvalue weighted by Crippen LogP contribution is -2.33. The number of carbonyl (C=O) groups excluding carboxylic acids is 1. The first kappa shape index (κ1) is 27.0. The zero-order valence-corrected chi connectivity index (χ0v) is 23.9. The van der Waals surface area contributed by atoms with Crippen LogP contribution in [0.25, 0.3) is 0 Å². The molecule has 0 N–H and O–H groups in total. The van der Waals surface area contributed by atoms with Gasteiger partial charge in [0.2, 0.25) is 6.79 Å². The van der Waals surface area contributed by atoms with E-state index in [1.54, 1.807) is 0 Å². The summed E-state index contributed by atoms with van der Waals surface area (Å²) in [6.45, 7) is 8.86. The van der Waals surface area contributed by atoms with Crippen LogP contribution in [0.15, 0.2) is 60.7 Å². The molecule has 3 aromatic carbocycles. The van der Waals surface area contributed by atoms with E-state index in [2.05, 4.69) is 71.3 Å². The molecule has 40 heavy (non-hydrogen) atoms. The highest BCUT2D eigenvalue weighted by Gasteiger charge is 2.21. The number of hydrogen-bond donors (Lipinski definition) is 0. The number of nitrogens with zero attached hydrogens (tertiary/aromatic N) is 2. The molecular weight excluding hydrogens is 496 g/mol. The van der Waals surface area contributed by atoms with E-state index in [9.17, 15) is 4.79 Å². The zero-order chi connectivity index (χ0) is 27.3. The van der Waals surface area contributed by atoms with Crippen LogP contribution in [0.5, 0.6) is 11.5 Å². The molecule has 1 saturated heterocycles. The highest BCUT2D eigenvalue weighted by Crippen LogP contribution is 2.33. The number of fused-ring (bicyclic) bond motifs is 2. The zero-order valence-electron chi connectivity index (χ0n) is 23.9. The van der Waals surface area contributed by atoms with Crippen molar-refractivity contribution in [1.29, 1.82) is 0 Å². The third-order valence-electron chi connectivity index (χ3n) is 9.14. The Hall–Kier alpha value is -3.15. The number of piperidine rings is 1. The van der Waals surface area contributed by atoms with E-state index >= 15 is 0 Å². The van der Waals surface area contributed by atoms with Gasteiger partial charge >= 0.3 is 0 Å². The molecule has 0 saturated carbocycles. The predicted octanol–water partition coefficient (Wildman–Crippen LogP) is 6.59. The topological polar surface area (TPSA) is 42.0 Å². The third kappa shape index (κ3) is 6.59. The molecule has 5 heteroatoms. The average molecular weight is 539 g/mol.